The number of fused-ring (bicyclic) bond motifs is 3. The van der Waals surface area contributed by atoms with Crippen LogP contribution in [0.15, 0.2) is 140 Å². The van der Waals surface area contributed by atoms with Crippen LogP contribution in [0.25, 0.3) is 50.1 Å². The topological polar surface area (TPSA) is 35.9 Å². The number of para-hydroxylation sites is 1. The zero-order chi connectivity index (χ0) is 38.7. The van der Waals surface area contributed by atoms with Crippen molar-refractivity contribution in [1.82, 2.24) is 14.1 Å². The first kappa shape index (κ1) is 36.1. The molecule has 0 spiro atoms. The summed E-state index contributed by atoms with van der Waals surface area (Å²) in [6.07, 6.45) is 7.85. The first-order valence-corrected chi connectivity index (χ1v) is 19.2. The number of hydrogen-bond acceptors (Lipinski definition) is 2. The second-order valence-electron chi connectivity index (χ2n) is 17.7. The predicted octanol–water partition coefficient (Wildman–Crippen LogP) is 12.4. The quantitative estimate of drug-likeness (QED) is 0.127. The average molecular weight is 723 g/mol. The van der Waals surface area contributed by atoms with Crippen LogP contribution < -0.4 is 9.30 Å². The van der Waals surface area contributed by atoms with Crippen LogP contribution in [0.3, 0.4) is 0 Å². The summed E-state index contributed by atoms with van der Waals surface area (Å²) in [6, 6.07) is 45.0. The number of hydrogen-bond donors (Lipinski definition) is 0. The van der Waals surface area contributed by atoms with Crippen molar-refractivity contribution < 1.29 is 9.30 Å². The maximum Gasteiger partial charge on any atom is 0.269 e. The number of benzene rings is 5. The van der Waals surface area contributed by atoms with E-state index in [9.17, 15) is 0 Å². The van der Waals surface area contributed by atoms with Gasteiger partial charge in [-0.2, -0.15) is 0 Å². The predicted molar refractivity (Wildman–Crippen MR) is 226 cm³/mol. The molecule has 0 saturated heterocycles. The smallest absolute Gasteiger partial charge is 0.269 e. The minimum absolute atomic E-state index is 0.000572. The van der Waals surface area contributed by atoms with Crippen molar-refractivity contribution in [2.24, 2.45) is 0 Å². The molecule has 0 bridgehead atoms. The molecule has 0 fully saturated rings. The van der Waals surface area contributed by atoms with Crippen molar-refractivity contribution >= 4 is 21.8 Å². The van der Waals surface area contributed by atoms with E-state index in [-0.39, 0.29) is 16.2 Å². The van der Waals surface area contributed by atoms with Crippen molar-refractivity contribution in [1.29, 1.82) is 0 Å². The molecule has 8 aromatic rings. The maximum atomic E-state index is 6.68. The van der Waals surface area contributed by atoms with Crippen molar-refractivity contribution in [3.05, 3.63) is 163 Å². The maximum absolute atomic E-state index is 6.68. The van der Waals surface area contributed by atoms with E-state index in [1.807, 2.05) is 12.3 Å². The number of ether oxygens (including phenoxy) is 1. The molecule has 0 radical (unpaired) electrons. The number of imidazole rings is 1. The zero-order valence-corrected chi connectivity index (χ0v) is 33.5. The van der Waals surface area contributed by atoms with Gasteiger partial charge >= 0.3 is 0 Å². The van der Waals surface area contributed by atoms with Gasteiger partial charge in [0.2, 0.25) is 0 Å². The zero-order valence-electron chi connectivity index (χ0n) is 33.5. The van der Waals surface area contributed by atoms with Gasteiger partial charge < -0.3 is 4.74 Å². The molecular formula is C50H50N4O. The number of rotatable bonds is 6. The molecule has 5 nitrogen and oxygen atoms in total. The van der Waals surface area contributed by atoms with Crippen LogP contribution >= 0.6 is 0 Å². The van der Waals surface area contributed by atoms with Gasteiger partial charge in [0.1, 0.15) is 17.3 Å². The molecule has 5 aromatic carbocycles. The van der Waals surface area contributed by atoms with Crippen molar-refractivity contribution in [3.63, 3.8) is 0 Å². The summed E-state index contributed by atoms with van der Waals surface area (Å²) in [4.78, 5) is 4.86. The minimum Gasteiger partial charge on any atom is -0.458 e. The molecule has 0 atom stereocenters. The van der Waals surface area contributed by atoms with Crippen LogP contribution in [0.2, 0.25) is 0 Å². The number of nitrogens with zero attached hydrogens (tertiary/aromatic N) is 4. The van der Waals surface area contributed by atoms with Crippen molar-refractivity contribution in [2.75, 3.05) is 0 Å². The number of aromatic nitrogens is 4. The van der Waals surface area contributed by atoms with Crippen LogP contribution in [-0.2, 0) is 16.2 Å². The van der Waals surface area contributed by atoms with E-state index in [1.54, 1.807) is 0 Å². The highest BCUT2D eigenvalue weighted by atomic mass is 16.5. The molecule has 0 unspecified atom stereocenters. The third-order valence-corrected chi connectivity index (χ3v) is 10.4. The Morgan fingerprint density at radius 2 is 1.27 bits per heavy atom. The summed E-state index contributed by atoms with van der Waals surface area (Å²) in [5.74, 6) is 2.41. The second-order valence-corrected chi connectivity index (χ2v) is 17.7. The summed E-state index contributed by atoms with van der Waals surface area (Å²) >= 11 is 0. The number of pyridine rings is 1. The van der Waals surface area contributed by atoms with E-state index < -0.39 is 0 Å². The lowest BCUT2D eigenvalue weighted by molar-refractivity contribution is -0.599. The van der Waals surface area contributed by atoms with E-state index in [2.05, 4.69) is 210 Å². The van der Waals surface area contributed by atoms with Crippen molar-refractivity contribution in [3.8, 4) is 39.8 Å². The molecule has 0 amide bonds. The molecule has 8 rings (SSSR count). The Hall–Kier alpha value is -5.94. The molecule has 0 aliphatic heterocycles. The fraction of sp³-hybridized carbons (Fsp3) is 0.240. The van der Waals surface area contributed by atoms with E-state index in [4.69, 9.17) is 9.72 Å². The molecular weight excluding hydrogens is 673 g/mol. The summed E-state index contributed by atoms with van der Waals surface area (Å²) < 4.78 is 13.3. The lowest BCUT2D eigenvalue weighted by atomic mass is 9.85. The molecule has 0 aliphatic carbocycles. The third kappa shape index (κ3) is 7.07. The van der Waals surface area contributed by atoms with Gasteiger partial charge in [0.15, 0.2) is 0 Å². The Morgan fingerprint density at radius 3 is 2.02 bits per heavy atom. The highest BCUT2D eigenvalue weighted by Crippen LogP contribution is 2.37. The molecule has 3 heterocycles. The van der Waals surface area contributed by atoms with E-state index in [0.717, 1.165) is 50.8 Å². The summed E-state index contributed by atoms with van der Waals surface area (Å²) in [5, 5.41) is 2.34. The van der Waals surface area contributed by atoms with E-state index in [0.29, 0.717) is 0 Å². The first-order chi connectivity index (χ1) is 26.1. The lowest BCUT2D eigenvalue weighted by Gasteiger charge is -2.22. The van der Waals surface area contributed by atoms with Crippen molar-refractivity contribution in [2.45, 2.75) is 78.6 Å². The van der Waals surface area contributed by atoms with Gasteiger partial charge in [0.05, 0.1) is 28.1 Å². The Morgan fingerprint density at radius 1 is 0.564 bits per heavy atom. The van der Waals surface area contributed by atoms with Gasteiger partial charge in [-0.05, 0) is 99.2 Å². The van der Waals surface area contributed by atoms with E-state index in [1.165, 1.54) is 27.6 Å². The molecule has 276 valence electrons. The first-order valence-electron chi connectivity index (χ1n) is 19.2. The fourth-order valence-electron chi connectivity index (χ4n) is 7.30. The average Bonchev–Trinajstić information content (AvgIpc) is 3.75. The van der Waals surface area contributed by atoms with Gasteiger partial charge in [0, 0.05) is 29.2 Å². The van der Waals surface area contributed by atoms with Crippen LogP contribution in [0, 0.1) is 6.33 Å². The molecule has 55 heavy (non-hydrogen) atoms. The largest absolute Gasteiger partial charge is 0.458 e. The molecule has 0 saturated carbocycles. The Balaban J connectivity index is 1.19. The molecule has 0 aliphatic rings. The minimum atomic E-state index is -0.153. The van der Waals surface area contributed by atoms with E-state index >= 15 is 0 Å². The van der Waals surface area contributed by atoms with Gasteiger partial charge in [0.25, 0.3) is 6.33 Å². The lowest BCUT2D eigenvalue weighted by Crippen LogP contribution is -2.29. The third-order valence-electron chi connectivity index (χ3n) is 10.4. The Labute approximate surface area is 325 Å². The van der Waals surface area contributed by atoms with Crippen LogP contribution in [0.5, 0.6) is 11.5 Å². The second kappa shape index (κ2) is 13.4. The van der Waals surface area contributed by atoms with Gasteiger partial charge in [-0.1, -0.05) is 123 Å². The highest BCUT2D eigenvalue weighted by Gasteiger charge is 2.24. The highest BCUT2D eigenvalue weighted by molar-refractivity contribution is 6.09. The van der Waals surface area contributed by atoms with Gasteiger partial charge in [-0.3, -0.25) is 13.7 Å². The molecule has 0 N–H and O–H groups in total. The normalized spacial score (nSPS) is 12.5. The Bertz CT molecular complexity index is 2680. The summed E-state index contributed by atoms with van der Waals surface area (Å²) in [7, 11) is 0. The van der Waals surface area contributed by atoms with Crippen LogP contribution in [-0.4, -0.2) is 14.1 Å². The van der Waals surface area contributed by atoms with Gasteiger partial charge in [-0.15, -0.1) is 0 Å². The monoisotopic (exact) mass is 722 g/mol. The van der Waals surface area contributed by atoms with Crippen LogP contribution in [0.4, 0.5) is 0 Å². The SMILES string of the molecule is CC(C)(C)c1cc(-c2ccccc2)cc(-[n+]2[c-]n(-c3cccc(Oc4ccc5c6ccccc6n(-c6cc(C(C)(C)C)ccn6)c5c4)c3)c(C(C)(C)C)c2)c1. The molecule has 3 aromatic heterocycles. The van der Waals surface area contributed by atoms with Gasteiger partial charge in [-0.25, -0.2) is 4.98 Å². The fourth-order valence-corrected chi connectivity index (χ4v) is 7.30. The standard InChI is InChI=1S/C50H50N4O/c1-48(2,3)36-24-25-51-47(29-36)54-44-21-14-13-20-42(44)43-23-22-41(31-45(43)54)55-40-19-15-18-38(30-40)53-33-52(32-46(53)50(7,8)9)39-27-35(34-16-11-10-12-17-34)26-37(28-39)49(4,5)6/h10-32H,1-9H3. The Kier molecular flexibility index (Phi) is 8.80. The molecule has 5 heteroatoms. The summed E-state index contributed by atoms with van der Waals surface area (Å²) in [6.45, 7) is 20.3. The van der Waals surface area contributed by atoms with Crippen LogP contribution in [0.1, 0.15) is 79.1 Å². The summed E-state index contributed by atoms with van der Waals surface area (Å²) in [5.41, 5.74) is 10.1.